The van der Waals surface area contributed by atoms with Gasteiger partial charge in [0.25, 0.3) is 0 Å². The normalized spacial score (nSPS) is 14.6. The molecule has 84 valence electrons. The van der Waals surface area contributed by atoms with Gasteiger partial charge in [0.05, 0.1) is 6.04 Å². The first-order valence-corrected chi connectivity index (χ1v) is 6.09. The van der Waals surface area contributed by atoms with Crippen molar-refractivity contribution in [2.45, 2.75) is 38.8 Å². The molecule has 1 rings (SSSR count). The molecule has 0 radical (unpaired) electrons. The second-order valence-electron chi connectivity index (χ2n) is 3.73. The molecule has 0 spiro atoms. The second kappa shape index (κ2) is 5.88. The molecule has 1 amide bonds. The molecule has 2 unspecified atom stereocenters. The van der Waals surface area contributed by atoms with Crippen molar-refractivity contribution in [1.29, 1.82) is 0 Å². The Morgan fingerprint density at radius 1 is 1.67 bits per heavy atom. The van der Waals surface area contributed by atoms with Crippen LogP contribution in [0.15, 0.2) is 17.5 Å². The van der Waals surface area contributed by atoms with Crippen LogP contribution in [0.25, 0.3) is 0 Å². The van der Waals surface area contributed by atoms with Gasteiger partial charge in [0.2, 0.25) is 5.91 Å². The monoisotopic (exact) mass is 226 g/mol. The molecule has 4 heteroatoms. The third-order valence-electron chi connectivity index (χ3n) is 2.14. The minimum atomic E-state index is -0.0779. The van der Waals surface area contributed by atoms with Crippen LogP contribution in [0.4, 0.5) is 0 Å². The molecule has 3 nitrogen and oxygen atoms in total. The van der Waals surface area contributed by atoms with Crippen LogP contribution in [-0.2, 0) is 4.79 Å². The molecule has 1 aromatic heterocycles. The summed E-state index contributed by atoms with van der Waals surface area (Å²) < 4.78 is 0. The Morgan fingerprint density at radius 3 is 2.87 bits per heavy atom. The molecule has 0 saturated carbocycles. The van der Waals surface area contributed by atoms with Crippen LogP contribution < -0.4 is 11.1 Å². The van der Waals surface area contributed by atoms with Gasteiger partial charge in [-0.25, -0.2) is 0 Å². The first-order valence-electron chi connectivity index (χ1n) is 5.21. The Morgan fingerprint density at radius 2 is 2.40 bits per heavy atom. The number of carbonyl (C=O) groups excluding carboxylic acids is 1. The molecule has 15 heavy (non-hydrogen) atoms. The van der Waals surface area contributed by atoms with Crippen molar-refractivity contribution in [3.8, 4) is 0 Å². The van der Waals surface area contributed by atoms with Crippen molar-refractivity contribution in [2.24, 2.45) is 5.73 Å². The minimum Gasteiger partial charge on any atom is -0.348 e. The number of carbonyl (C=O) groups is 1. The smallest absolute Gasteiger partial charge is 0.222 e. The van der Waals surface area contributed by atoms with Gasteiger partial charge in [-0.2, -0.15) is 0 Å². The Balaban J connectivity index is 2.51. The van der Waals surface area contributed by atoms with Crippen LogP contribution in [0.2, 0.25) is 0 Å². The SMILES string of the molecule is CCC(NC(=O)CC(C)N)c1cccs1. The number of rotatable bonds is 5. The van der Waals surface area contributed by atoms with Gasteiger partial charge in [0, 0.05) is 17.3 Å². The summed E-state index contributed by atoms with van der Waals surface area (Å²) in [5.41, 5.74) is 5.57. The van der Waals surface area contributed by atoms with Crippen molar-refractivity contribution in [3.05, 3.63) is 22.4 Å². The maximum atomic E-state index is 11.5. The van der Waals surface area contributed by atoms with Gasteiger partial charge < -0.3 is 11.1 Å². The maximum absolute atomic E-state index is 11.5. The van der Waals surface area contributed by atoms with Gasteiger partial charge in [-0.3, -0.25) is 4.79 Å². The lowest BCUT2D eigenvalue weighted by molar-refractivity contribution is -0.122. The van der Waals surface area contributed by atoms with Crippen LogP contribution >= 0.6 is 11.3 Å². The highest BCUT2D eigenvalue weighted by molar-refractivity contribution is 7.10. The molecule has 0 aliphatic rings. The van der Waals surface area contributed by atoms with E-state index in [-0.39, 0.29) is 18.0 Å². The zero-order chi connectivity index (χ0) is 11.3. The first kappa shape index (κ1) is 12.2. The average molecular weight is 226 g/mol. The van der Waals surface area contributed by atoms with E-state index in [0.717, 1.165) is 6.42 Å². The zero-order valence-electron chi connectivity index (χ0n) is 9.19. The molecular formula is C11H18N2OS. The molecule has 1 aromatic rings. The van der Waals surface area contributed by atoms with Crippen LogP contribution in [0.3, 0.4) is 0 Å². The summed E-state index contributed by atoms with van der Waals surface area (Å²) in [5, 5.41) is 5.02. The predicted molar refractivity (Wildman–Crippen MR) is 63.8 cm³/mol. The third kappa shape index (κ3) is 4.01. The van der Waals surface area contributed by atoms with Gasteiger partial charge in [0.1, 0.15) is 0 Å². The fourth-order valence-corrected chi connectivity index (χ4v) is 2.27. The van der Waals surface area contributed by atoms with Crippen LogP contribution in [0.1, 0.15) is 37.6 Å². The first-order chi connectivity index (χ1) is 7.13. The summed E-state index contributed by atoms with van der Waals surface area (Å²) in [6.07, 6.45) is 1.30. The fraction of sp³-hybridized carbons (Fsp3) is 0.545. The number of nitrogens with one attached hydrogen (secondary N) is 1. The molecule has 0 fully saturated rings. The van der Waals surface area contributed by atoms with Crippen LogP contribution in [0.5, 0.6) is 0 Å². The number of amides is 1. The highest BCUT2D eigenvalue weighted by atomic mass is 32.1. The molecule has 0 aliphatic heterocycles. The lowest BCUT2D eigenvalue weighted by Crippen LogP contribution is -2.32. The van der Waals surface area contributed by atoms with E-state index in [2.05, 4.69) is 12.2 Å². The summed E-state index contributed by atoms with van der Waals surface area (Å²) in [7, 11) is 0. The van der Waals surface area contributed by atoms with E-state index in [0.29, 0.717) is 6.42 Å². The van der Waals surface area contributed by atoms with E-state index in [4.69, 9.17) is 5.73 Å². The Labute approximate surface area is 94.7 Å². The molecule has 0 bridgehead atoms. The van der Waals surface area contributed by atoms with Crippen molar-refractivity contribution in [3.63, 3.8) is 0 Å². The molecule has 3 N–H and O–H groups in total. The Bertz CT molecular complexity index is 296. The van der Waals surface area contributed by atoms with E-state index in [1.165, 1.54) is 4.88 Å². The quantitative estimate of drug-likeness (QED) is 0.807. The van der Waals surface area contributed by atoms with Crippen LogP contribution in [0, 0.1) is 0 Å². The van der Waals surface area contributed by atoms with Crippen molar-refractivity contribution < 1.29 is 4.79 Å². The molecule has 0 aromatic carbocycles. The van der Waals surface area contributed by atoms with E-state index in [9.17, 15) is 4.79 Å². The lowest BCUT2D eigenvalue weighted by atomic mass is 10.1. The predicted octanol–water partition coefficient (Wildman–Crippen LogP) is 2.05. The number of nitrogens with two attached hydrogens (primary N) is 1. The second-order valence-corrected chi connectivity index (χ2v) is 4.70. The summed E-state index contributed by atoms with van der Waals surface area (Å²) in [6, 6.07) is 4.10. The van der Waals surface area contributed by atoms with Crippen molar-refractivity contribution >= 4 is 17.2 Å². The molecule has 0 aliphatic carbocycles. The minimum absolute atomic E-state index is 0.0326. The van der Waals surface area contributed by atoms with Crippen molar-refractivity contribution in [2.75, 3.05) is 0 Å². The summed E-state index contributed by atoms with van der Waals surface area (Å²) >= 11 is 1.67. The van der Waals surface area contributed by atoms with Gasteiger partial charge in [-0.15, -0.1) is 11.3 Å². The van der Waals surface area contributed by atoms with E-state index < -0.39 is 0 Å². The lowest BCUT2D eigenvalue weighted by Gasteiger charge is -2.16. The molecule has 2 atom stereocenters. The number of thiophene rings is 1. The number of hydrogen-bond acceptors (Lipinski definition) is 3. The van der Waals surface area contributed by atoms with Gasteiger partial charge in [-0.1, -0.05) is 13.0 Å². The highest BCUT2D eigenvalue weighted by Gasteiger charge is 2.13. The molecular weight excluding hydrogens is 208 g/mol. The van der Waals surface area contributed by atoms with Gasteiger partial charge in [0.15, 0.2) is 0 Å². The Kier molecular flexibility index (Phi) is 4.78. The zero-order valence-corrected chi connectivity index (χ0v) is 10.0. The van der Waals surface area contributed by atoms with Crippen LogP contribution in [-0.4, -0.2) is 11.9 Å². The van der Waals surface area contributed by atoms with Gasteiger partial charge in [-0.05, 0) is 24.8 Å². The number of hydrogen-bond donors (Lipinski definition) is 2. The average Bonchev–Trinajstić information content (AvgIpc) is 2.65. The third-order valence-corrected chi connectivity index (χ3v) is 3.12. The highest BCUT2D eigenvalue weighted by Crippen LogP contribution is 2.21. The summed E-state index contributed by atoms with van der Waals surface area (Å²) in [4.78, 5) is 12.7. The summed E-state index contributed by atoms with van der Waals surface area (Å²) in [5.74, 6) is 0.0326. The topological polar surface area (TPSA) is 55.1 Å². The summed E-state index contributed by atoms with van der Waals surface area (Å²) in [6.45, 7) is 3.90. The molecule has 1 heterocycles. The van der Waals surface area contributed by atoms with Crippen molar-refractivity contribution in [1.82, 2.24) is 5.32 Å². The largest absolute Gasteiger partial charge is 0.348 e. The molecule has 0 saturated heterocycles. The van der Waals surface area contributed by atoms with E-state index in [1.54, 1.807) is 11.3 Å². The standard InChI is InChI=1S/C11H18N2OS/c1-3-9(10-5-4-6-15-10)13-11(14)7-8(2)12/h4-6,8-9H,3,7,12H2,1-2H3,(H,13,14). The maximum Gasteiger partial charge on any atom is 0.222 e. The fourth-order valence-electron chi connectivity index (χ4n) is 1.41. The van der Waals surface area contributed by atoms with E-state index >= 15 is 0 Å². The van der Waals surface area contributed by atoms with E-state index in [1.807, 2.05) is 24.4 Å². The van der Waals surface area contributed by atoms with Gasteiger partial charge >= 0.3 is 0 Å². The Hall–Kier alpha value is -0.870.